The Bertz CT molecular complexity index is 547. The molecule has 0 amide bonds. The van der Waals surface area contributed by atoms with Gasteiger partial charge < -0.3 is 14.2 Å². The second kappa shape index (κ2) is 16.5. The highest BCUT2D eigenvalue weighted by molar-refractivity contribution is 5.28. The van der Waals surface area contributed by atoms with Crippen LogP contribution < -0.4 is 0 Å². The molecule has 0 aromatic heterocycles. The second-order valence-electron chi connectivity index (χ2n) is 7.73. The van der Waals surface area contributed by atoms with E-state index in [9.17, 15) is 8.78 Å². The second-order valence-corrected chi connectivity index (χ2v) is 7.73. The molecule has 1 aliphatic rings. The molecule has 4 unspecified atom stereocenters. The standard InChI is InChI=1S/C23H38F2O3.C2H6/c1-7-9-20-13-12-19(15-28-20)14-27-17(4)11-10-16(3)21(8-2)23(25)22(24)18(5)26-6;1-2/h7,9,16-17,19-20H,8,10-15H2,1-6H3;1-2H3/b9-7+,22-18-,23-21-;. The van der Waals surface area contributed by atoms with E-state index in [4.69, 9.17) is 14.2 Å². The van der Waals surface area contributed by atoms with Crippen LogP contribution in [-0.2, 0) is 14.2 Å². The fourth-order valence-electron chi connectivity index (χ4n) is 3.47. The molecular weight excluding hydrogens is 386 g/mol. The van der Waals surface area contributed by atoms with E-state index in [-0.39, 0.29) is 23.9 Å². The van der Waals surface area contributed by atoms with Crippen LogP contribution in [0.1, 0.15) is 80.6 Å². The normalized spacial score (nSPS) is 23.1. The minimum atomic E-state index is -0.899. The molecule has 0 bridgehead atoms. The summed E-state index contributed by atoms with van der Waals surface area (Å²) in [5.74, 6) is -1.33. The molecule has 1 fully saturated rings. The Hall–Kier alpha value is -1.20. The van der Waals surface area contributed by atoms with Gasteiger partial charge in [-0.1, -0.05) is 39.8 Å². The highest BCUT2D eigenvalue weighted by atomic mass is 19.2. The molecule has 1 rings (SSSR count). The lowest BCUT2D eigenvalue weighted by Gasteiger charge is -2.28. The Balaban J connectivity index is 0.00000407. The van der Waals surface area contributed by atoms with Gasteiger partial charge in [0.15, 0.2) is 11.7 Å². The molecule has 1 saturated heterocycles. The molecule has 0 saturated carbocycles. The number of methoxy groups -OCH3 is 1. The quantitative estimate of drug-likeness (QED) is 0.191. The third kappa shape index (κ3) is 10.2. The molecule has 4 atom stereocenters. The maximum Gasteiger partial charge on any atom is 0.195 e. The monoisotopic (exact) mass is 430 g/mol. The van der Waals surface area contributed by atoms with Crippen LogP contribution in [0.3, 0.4) is 0 Å². The third-order valence-corrected chi connectivity index (χ3v) is 5.50. The first-order chi connectivity index (χ1) is 14.3. The van der Waals surface area contributed by atoms with Gasteiger partial charge in [-0.15, -0.1) is 0 Å². The zero-order valence-electron chi connectivity index (χ0n) is 20.4. The summed E-state index contributed by atoms with van der Waals surface area (Å²) in [7, 11) is 1.34. The number of ether oxygens (including phenoxy) is 3. The number of allylic oxidation sites excluding steroid dienone is 5. The van der Waals surface area contributed by atoms with Gasteiger partial charge in [-0.25, -0.2) is 8.78 Å². The van der Waals surface area contributed by atoms with Crippen molar-refractivity contribution in [2.24, 2.45) is 11.8 Å². The van der Waals surface area contributed by atoms with Gasteiger partial charge in [0.1, 0.15) is 5.76 Å². The van der Waals surface area contributed by atoms with E-state index in [1.807, 2.05) is 47.6 Å². The molecule has 5 heteroatoms. The molecule has 1 aliphatic heterocycles. The van der Waals surface area contributed by atoms with Gasteiger partial charge in [0.05, 0.1) is 32.5 Å². The van der Waals surface area contributed by atoms with E-state index < -0.39 is 11.7 Å². The zero-order chi connectivity index (χ0) is 23.1. The van der Waals surface area contributed by atoms with Gasteiger partial charge in [-0.3, -0.25) is 0 Å². The van der Waals surface area contributed by atoms with Crippen molar-refractivity contribution in [3.8, 4) is 0 Å². The van der Waals surface area contributed by atoms with Crippen LogP contribution in [0.25, 0.3) is 0 Å². The average Bonchev–Trinajstić information content (AvgIpc) is 2.78. The van der Waals surface area contributed by atoms with Crippen molar-refractivity contribution in [1.29, 1.82) is 0 Å². The minimum absolute atomic E-state index is 0.0290. The SMILES string of the molecule is C/C=C/C1CCC(COC(C)CCC(C)/C(CC)=C(F)/C(F)=C(\C)OC)CO1.CC. The van der Waals surface area contributed by atoms with Gasteiger partial charge >= 0.3 is 0 Å². The Morgan fingerprint density at radius 2 is 1.80 bits per heavy atom. The maximum atomic E-state index is 14.5. The number of hydrogen-bond acceptors (Lipinski definition) is 3. The molecule has 176 valence electrons. The summed E-state index contributed by atoms with van der Waals surface area (Å²) in [6.45, 7) is 14.7. The van der Waals surface area contributed by atoms with E-state index in [1.54, 1.807) is 0 Å². The van der Waals surface area contributed by atoms with E-state index in [1.165, 1.54) is 14.0 Å². The molecule has 3 nitrogen and oxygen atoms in total. The molecule has 30 heavy (non-hydrogen) atoms. The largest absolute Gasteiger partial charge is 0.498 e. The smallest absolute Gasteiger partial charge is 0.195 e. The summed E-state index contributed by atoms with van der Waals surface area (Å²) >= 11 is 0. The van der Waals surface area contributed by atoms with Gasteiger partial charge in [0, 0.05) is 5.92 Å². The van der Waals surface area contributed by atoms with Crippen LogP contribution in [0.15, 0.2) is 35.1 Å². The lowest BCUT2D eigenvalue weighted by Crippen LogP contribution is -2.28. The van der Waals surface area contributed by atoms with Crippen molar-refractivity contribution in [1.82, 2.24) is 0 Å². The molecule has 0 aromatic rings. The highest BCUT2D eigenvalue weighted by Gasteiger charge is 2.22. The first-order valence-electron chi connectivity index (χ1n) is 11.5. The van der Waals surface area contributed by atoms with E-state index in [2.05, 4.69) is 6.08 Å². The summed E-state index contributed by atoms with van der Waals surface area (Å²) in [6, 6.07) is 0. The molecule has 0 aliphatic carbocycles. The summed E-state index contributed by atoms with van der Waals surface area (Å²) < 4.78 is 45.2. The minimum Gasteiger partial charge on any atom is -0.498 e. The van der Waals surface area contributed by atoms with E-state index in [0.29, 0.717) is 24.5 Å². The van der Waals surface area contributed by atoms with Crippen molar-refractivity contribution in [3.05, 3.63) is 35.1 Å². The Morgan fingerprint density at radius 3 is 2.30 bits per heavy atom. The summed E-state index contributed by atoms with van der Waals surface area (Å²) in [5, 5.41) is 0. The van der Waals surface area contributed by atoms with E-state index in [0.717, 1.165) is 32.3 Å². The van der Waals surface area contributed by atoms with Crippen molar-refractivity contribution >= 4 is 0 Å². The highest BCUT2D eigenvalue weighted by Crippen LogP contribution is 2.31. The molecular formula is C25H44F2O3. The van der Waals surface area contributed by atoms with Crippen LogP contribution in [0.2, 0.25) is 0 Å². The predicted octanol–water partition coefficient (Wildman–Crippen LogP) is 7.69. The fraction of sp³-hybridized carbons (Fsp3) is 0.760. The molecule has 0 aromatic carbocycles. The van der Waals surface area contributed by atoms with Crippen LogP contribution in [0, 0.1) is 11.8 Å². The van der Waals surface area contributed by atoms with Gasteiger partial charge in [-0.05, 0) is 64.4 Å². The van der Waals surface area contributed by atoms with Crippen molar-refractivity contribution in [3.63, 3.8) is 0 Å². The molecule has 0 spiro atoms. The summed E-state index contributed by atoms with van der Waals surface area (Å²) in [5.41, 5.74) is 0.497. The third-order valence-electron chi connectivity index (χ3n) is 5.50. The van der Waals surface area contributed by atoms with Crippen LogP contribution in [0.5, 0.6) is 0 Å². The zero-order valence-corrected chi connectivity index (χ0v) is 20.4. The summed E-state index contributed by atoms with van der Waals surface area (Å²) in [4.78, 5) is 0. The van der Waals surface area contributed by atoms with Crippen LogP contribution in [0.4, 0.5) is 8.78 Å². The Morgan fingerprint density at radius 1 is 1.13 bits per heavy atom. The topological polar surface area (TPSA) is 27.7 Å². The predicted molar refractivity (Wildman–Crippen MR) is 122 cm³/mol. The van der Waals surface area contributed by atoms with E-state index >= 15 is 0 Å². The van der Waals surface area contributed by atoms with Crippen molar-refractivity contribution in [2.45, 2.75) is 92.8 Å². The Labute approximate surface area is 183 Å². The fourth-order valence-corrected chi connectivity index (χ4v) is 3.47. The van der Waals surface area contributed by atoms with Gasteiger partial charge in [0.2, 0.25) is 0 Å². The molecule has 0 N–H and O–H groups in total. The Kier molecular flexibility index (Phi) is 15.8. The molecule has 1 heterocycles. The number of halogens is 2. The van der Waals surface area contributed by atoms with Crippen molar-refractivity contribution < 1.29 is 23.0 Å². The summed E-state index contributed by atoms with van der Waals surface area (Å²) in [6.07, 6.45) is 8.63. The molecule has 0 radical (unpaired) electrons. The first kappa shape index (κ1) is 28.8. The lowest BCUT2D eigenvalue weighted by atomic mass is 9.91. The van der Waals surface area contributed by atoms with Gasteiger partial charge in [-0.2, -0.15) is 0 Å². The number of hydrogen-bond donors (Lipinski definition) is 0. The van der Waals surface area contributed by atoms with Gasteiger partial charge in [0.25, 0.3) is 0 Å². The number of rotatable bonds is 11. The average molecular weight is 431 g/mol. The first-order valence-corrected chi connectivity index (χ1v) is 11.5. The van der Waals surface area contributed by atoms with Crippen molar-refractivity contribution in [2.75, 3.05) is 20.3 Å². The lowest BCUT2D eigenvalue weighted by molar-refractivity contribution is -0.0402. The van der Waals surface area contributed by atoms with Crippen LogP contribution >= 0.6 is 0 Å². The van der Waals surface area contributed by atoms with Crippen LogP contribution in [-0.4, -0.2) is 32.5 Å². The maximum absolute atomic E-state index is 14.5.